The highest BCUT2D eigenvalue weighted by molar-refractivity contribution is 5.05. The Morgan fingerprint density at radius 2 is 2.12 bits per heavy atom. The second kappa shape index (κ2) is 5.21. The van der Waals surface area contributed by atoms with Crippen LogP contribution in [0.2, 0.25) is 0 Å². The molecule has 1 aliphatic heterocycles. The van der Waals surface area contributed by atoms with E-state index in [0.29, 0.717) is 6.54 Å². The Morgan fingerprint density at radius 1 is 1.41 bits per heavy atom. The highest BCUT2D eigenvalue weighted by Gasteiger charge is 2.30. The van der Waals surface area contributed by atoms with E-state index in [1.54, 1.807) is 0 Å². The minimum atomic E-state index is -0.540. The highest BCUT2D eigenvalue weighted by Crippen LogP contribution is 2.20. The first kappa shape index (κ1) is 12.6. The van der Waals surface area contributed by atoms with Gasteiger partial charge in [-0.2, -0.15) is 0 Å². The van der Waals surface area contributed by atoms with Crippen molar-refractivity contribution in [2.45, 2.75) is 31.9 Å². The van der Waals surface area contributed by atoms with Crippen LogP contribution in [-0.2, 0) is 6.54 Å². The summed E-state index contributed by atoms with van der Waals surface area (Å²) in [5.74, 6) is 1.90. The monoisotopic (exact) mass is 238 g/mol. The zero-order valence-electron chi connectivity index (χ0n) is 10.7. The van der Waals surface area contributed by atoms with Crippen molar-refractivity contribution >= 4 is 0 Å². The molecule has 1 saturated heterocycles. The molecule has 0 bridgehead atoms. The lowest BCUT2D eigenvalue weighted by Gasteiger charge is -2.35. The standard InChI is InChI=1S/C13H22N2O2/c1-11-3-4-12(17-11)9-15(2)10-13(16)5-7-14-8-6-13/h3-4,14,16H,5-10H2,1-2H3. The molecule has 0 saturated carbocycles. The van der Waals surface area contributed by atoms with Gasteiger partial charge in [0.25, 0.3) is 0 Å². The van der Waals surface area contributed by atoms with Crippen molar-refractivity contribution in [2.24, 2.45) is 0 Å². The number of furan rings is 1. The molecule has 0 aliphatic carbocycles. The Labute approximate surface area is 103 Å². The van der Waals surface area contributed by atoms with E-state index in [4.69, 9.17) is 4.42 Å². The molecule has 0 amide bonds. The van der Waals surface area contributed by atoms with Crippen LogP contribution in [0.5, 0.6) is 0 Å². The van der Waals surface area contributed by atoms with Crippen LogP contribution >= 0.6 is 0 Å². The van der Waals surface area contributed by atoms with E-state index in [1.165, 1.54) is 0 Å². The molecule has 2 heterocycles. The lowest BCUT2D eigenvalue weighted by Crippen LogP contribution is -2.48. The van der Waals surface area contributed by atoms with Gasteiger partial charge in [-0.05, 0) is 52.0 Å². The molecule has 1 fully saturated rings. The first-order valence-corrected chi connectivity index (χ1v) is 6.24. The van der Waals surface area contributed by atoms with E-state index >= 15 is 0 Å². The zero-order chi connectivity index (χ0) is 12.3. The average molecular weight is 238 g/mol. The zero-order valence-corrected chi connectivity index (χ0v) is 10.7. The summed E-state index contributed by atoms with van der Waals surface area (Å²) in [6.45, 7) is 5.22. The Morgan fingerprint density at radius 3 is 2.71 bits per heavy atom. The Kier molecular flexibility index (Phi) is 3.86. The second-order valence-corrected chi connectivity index (χ2v) is 5.16. The van der Waals surface area contributed by atoms with Crippen molar-refractivity contribution in [1.29, 1.82) is 0 Å². The van der Waals surface area contributed by atoms with Gasteiger partial charge in [0.05, 0.1) is 12.1 Å². The molecule has 2 N–H and O–H groups in total. The minimum Gasteiger partial charge on any atom is -0.465 e. The van der Waals surface area contributed by atoms with Gasteiger partial charge in [-0.15, -0.1) is 0 Å². The highest BCUT2D eigenvalue weighted by atomic mass is 16.3. The molecule has 1 aliphatic rings. The summed E-state index contributed by atoms with van der Waals surface area (Å²) in [6.07, 6.45) is 1.66. The first-order chi connectivity index (χ1) is 8.07. The van der Waals surface area contributed by atoms with Crippen LogP contribution in [0.1, 0.15) is 24.4 Å². The van der Waals surface area contributed by atoms with E-state index in [9.17, 15) is 5.11 Å². The Bertz CT molecular complexity index is 356. The summed E-state index contributed by atoms with van der Waals surface area (Å²) >= 11 is 0. The van der Waals surface area contributed by atoms with Crippen molar-refractivity contribution in [1.82, 2.24) is 10.2 Å². The molecule has 1 aromatic rings. The predicted octanol–water partition coefficient (Wildman–Crippen LogP) is 1.13. The summed E-state index contributed by atoms with van der Waals surface area (Å²) in [4.78, 5) is 2.13. The Hall–Kier alpha value is -0.840. The van der Waals surface area contributed by atoms with E-state index in [-0.39, 0.29) is 0 Å². The summed E-state index contributed by atoms with van der Waals surface area (Å²) in [6, 6.07) is 3.97. The fourth-order valence-corrected chi connectivity index (χ4v) is 2.44. The molecule has 4 heteroatoms. The maximum atomic E-state index is 10.4. The predicted molar refractivity (Wildman–Crippen MR) is 66.8 cm³/mol. The third-order valence-electron chi connectivity index (χ3n) is 3.32. The maximum absolute atomic E-state index is 10.4. The number of aryl methyl sites for hydroxylation is 1. The van der Waals surface area contributed by atoms with Crippen LogP contribution in [0.4, 0.5) is 0 Å². The topological polar surface area (TPSA) is 48.6 Å². The number of piperidine rings is 1. The van der Waals surface area contributed by atoms with Crippen molar-refractivity contribution < 1.29 is 9.52 Å². The molecule has 0 spiro atoms. The number of rotatable bonds is 4. The first-order valence-electron chi connectivity index (χ1n) is 6.24. The minimum absolute atomic E-state index is 0.540. The van der Waals surface area contributed by atoms with E-state index in [1.807, 2.05) is 26.1 Å². The van der Waals surface area contributed by atoms with Crippen LogP contribution in [0.3, 0.4) is 0 Å². The lowest BCUT2D eigenvalue weighted by molar-refractivity contribution is -0.0178. The van der Waals surface area contributed by atoms with Crippen LogP contribution in [0, 0.1) is 6.92 Å². The van der Waals surface area contributed by atoms with E-state index in [0.717, 1.165) is 44.0 Å². The molecule has 96 valence electrons. The van der Waals surface area contributed by atoms with Gasteiger partial charge in [0.1, 0.15) is 11.5 Å². The van der Waals surface area contributed by atoms with Crippen LogP contribution in [0.15, 0.2) is 16.5 Å². The van der Waals surface area contributed by atoms with Gasteiger partial charge in [-0.25, -0.2) is 0 Å². The van der Waals surface area contributed by atoms with Crippen LogP contribution in [0.25, 0.3) is 0 Å². The number of likely N-dealkylation sites (N-methyl/N-ethyl adjacent to an activating group) is 1. The molecule has 0 aromatic carbocycles. The average Bonchev–Trinajstić information content (AvgIpc) is 2.63. The van der Waals surface area contributed by atoms with Crippen molar-refractivity contribution in [3.05, 3.63) is 23.7 Å². The molecule has 2 rings (SSSR count). The second-order valence-electron chi connectivity index (χ2n) is 5.16. The van der Waals surface area contributed by atoms with Gasteiger partial charge in [0, 0.05) is 6.54 Å². The number of hydrogen-bond acceptors (Lipinski definition) is 4. The fraction of sp³-hybridized carbons (Fsp3) is 0.692. The number of hydrogen-bond donors (Lipinski definition) is 2. The largest absolute Gasteiger partial charge is 0.465 e. The molecule has 17 heavy (non-hydrogen) atoms. The van der Waals surface area contributed by atoms with Gasteiger partial charge < -0.3 is 14.8 Å². The lowest BCUT2D eigenvalue weighted by atomic mass is 9.92. The van der Waals surface area contributed by atoms with Gasteiger partial charge in [-0.3, -0.25) is 4.90 Å². The van der Waals surface area contributed by atoms with Crippen molar-refractivity contribution in [3.8, 4) is 0 Å². The SMILES string of the molecule is Cc1ccc(CN(C)CC2(O)CCNCC2)o1. The third kappa shape index (κ3) is 3.56. The molecule has 0 unspecified atom stereocenters. The Balaban J connectivity index is 1.85. The third-order valence-corrected chi connectivity index (χ3v) is 3.32. The van der Waals surface area contributed by atoms with Gasteiger partial charge in [0.15, 0.2) is 0 Å². The van der Waals surface area contributed by atoms with Crippen molar-refractivity contribution in [2.75, 3.05) is 26.7 Å². The van der Waals surface area contributed by atoms with E-state index in [2.05, 4.69) is 10.2 Å². The summed E-state index contributed by atoms with van der Waals surface area (Å²) in [5, 5.41) is 13.7. The van der Waals surface area contributed by atoms with Crippen LogP contribution < -0.4 is 5.32 Å². The maximum Gasteiger partial charge on any atom is 0.118 e. The molecule has 4 nitrogen and oxygen atoms in total. The fourth-order valence-electron chi connectivity index (χ4n) is 2.44. The van der Waals surface area contributed by atoms with Gasteiger partial charge >= 0.3 is 0 Å². The molecular formula is C13H22N2O2. The number of aliphatic hydroxyl groups is 1. The van der Waals surface area contributed by atoms with Gasteiger partial charge in [0.2, 0.25) is 0 Å². The summed E-state index contributed by atoms with van der Waals surface area (Å²) < 4.78 is 5.54. The summed E-state index contributed by atoms with van der Waals surface area (Å²) in [5.41, 5.74) is -0.540. The summed E-state index contributed by atoms with van der Waals surface area (Å²) in [7, 11) is 2.03. The smallest absolute Gasteiger partial charge is 0.118 e. The number of nitrogens with zero attached hydrogens (tertiary/aromatic N) is 1. The van der Waals surface area contributed by atoms with Crippen LogP contribution in [-0.4, -0.2) is 42.3 Å². The normalized spacial score (nSPS) is 19.8. The quantitative estimate of drug-likeness (QED) is 0.825. The van der Waals surface area contributed by atoms with Gasteiger partial charge in [-0.1, -0.05) is 0 Å². The molecule has 1 aromatic heterocycles. The number of nitrogens with one attached hydrogen (secondary N) is 1. The van der Waals surface area contributed by atoms with Crippen molar-refractivity contribution in [3.63, 3.8) is 0 Å². The molecular weight excluding hydrogens is 216 g/mol. The molecule has 0 atom stereocenters. The van der Waals surface area contributed by atoms with E-state index < -0.39 is 5.60 Å². The molecule has 0 radical (unpaired) electrons.